The second kappa shape index (κ2) is 3.21. The predicted octanol–water partition coefficient (Wildman–Crippen LogP) is 1.46. The van der Waals surface area contributed by atoms with E-state index in [0.717, 1.165) is 18.2 Å². The third kappa shape index (κ3) is 2.23. The smallest absolute Gasteiger partial charge is 0.308 e. The molecule has 0 heterocycles. The number of phenols is 1. The number of halogens is 1. The Labute approximate surface area is 68.4 Å². The Balaban J connectivity index is 2.93. The van der Waals surface area contributed by atoms with Crippen molar-refractivity contribution in [3.05, 3.63) is 24.0 Å². The largest absolute Gasteiger partial charge is 0.508 e. The van der Waals surface area contributed by atoms with Crippen molar-refractivity contribution < 1.29 is 19.0 Å². The van der Waals surface area contributed by atoms with Crippen LogP contribution in [0.15, 0.2) is 18.2 Å². The van der Waals surface area contributed by atoms with Gasteiger partial charge in [-0.3, -0.25) is 4.79 Å². The maximum atomic E-state index is 12.5. The molecule has 0 aromatic heterocycles. The van der Waals surface area contributed by atoms with E-state index in [9.17, 15) is 9.18 Å². The fraction of sp³-hybridized carbons (Fsp3) is 0.125. The first-order chi connectivity index (χ1) is 5.58. The molecule has 0 bridgehead atoms. The number of carbonyl (C=O) groups excluding carboxylic acids is 1. The molecule has 3 nitrogen and oxygen atoms in total. The molecule has 0 fully saturated rings. The summed E-state index contributed by atoms with van der Waals surface area (Å²) in [6.07, 6.45) is 0. The van der Waals surface area contributed by atoms with E-state index in [4.69, 9.17) is 5.11 Å². The zero-order valence-electron chi connectivity index (χ0n) is 6.37. The topological polar surface area (TPSA) is 46.5 Å². The first-order valence-electron chi connectivity index (χ1n) is 3.26. The molecule has 12 heavy (non-hydrogen) atoms. The number of aromatic hydroxyl groups is 1. The Morgan fingerprint density at radius 1 is 1.50 bits per heavy atom. The lowest BCUT2D eigenvalue weighted by atomic mass is 10.3. The summed E-state index contributed by atoms with van der Waals surface area (Å²) in [7, 11) is 0. The molecule has 0 spiro atoms. The van der Waals surface area contributed by atoms with Crippen molar-refractivity contribution in [2.45, 2.75) is 6.92 Å². The molecule has 1 aromatic rings. The molecule has 0 aliphatic heterocycles. The number of carbonyl (C=O) groups is 1. The summed E-state index contributed by atoms with van der Waals surface area (Å²) in [5, 5.41) is 8.88. The monoisotopic (exact) mass is 170 g/mol. The van der Waals surface area contributed by atoms with Crippen molar-refractivity contribution in [3.63, 3.8) is 0 Å². The average Bonchev–Trinajstić information content (AvgIpc) is 1.81. The Morgan fingerprint density at radius 2 is 2.17 bits per heavy atom. The van der Waals surface area contributed by atoms with Gasteiger partial charge >= 0.3 is 5.97 Å². The Hall–Kier alpha value is -1.58. The molecule has 1 rings (SSSR count). The van der Waals surface area contributed by atoms with E-state index in [1.807, 2.05) is 0 Å². The highest BCUT2D eigenvalue weighted by atomic mass is 19.1. The van der Waals surface area contributed by atoms with E-state index in [1.165, 1.54) is 6.92 Å². The average molecular weight is 170 g/mol. The summed E-state index contributed by atoms with van der Waals surface area (Å²) in [5.41, 5.74) is 0. The van der Waals surface area contributed by atoms with Gasteiger partial charge in [-0.25, -0.2) is 4.39 Å². The van der Waals surface area contributed by atoms with Gasteiger partial charge in [0.2, 0.25) is 0 Å². The number of phenolic OH excluding ortho intramolecular Hbond substituents is 1. The lowest BCUT2D eigenvalue weighted by molar-refractivity contribution is -0.131. The van der Waals surface area contributed by atoms with E-state index < -0.39 is 11.8 Å². The summed E-state index contributed by atoms with van der Waals surface area (Å²) in [6.45, 7) is 1.20. The summed E-state index contributed by atoms with van der Waals surface area (Å²) in [6, 6.07) is 3.10. The summed E-state index contributed by atoms with van der Waals surface area (Å²) in [4.78, 5) is 10.4. The molecule has 0 saturated heterocycles. The van der Waals surface area contributed by atoms with Crippen LogP contribution in [0.25, 0.3) is 0 Å². The van der Waals surface area contributed by atoms with Crippen LogP contribution in [0.4, 0.5) is 4.39 Å². The second-order valence-corrected chi connectivity index (χ2v) is 2.24. The minimum atomic E-state index is -0.647. The Morgan fingerprint density at radius 3 is 2.67 bits per heavy atom. The summed E-state index contributed by atoms with van der Waals surface area (Å²) in [5.74, 6) is -1.47. The molecule has 64 valence electrons. The van der Waals surface area contributed by atoms with Crippen LogP contribution < -0.4 is 4.74 Å². The highest BCUT2D eigenvalue weighted by molar-refractivity contribution is 5.69. The molecule has 0 atom stereocenters. The number of hydrogen-bond donors (Lipinski definition) is 1. The molecule has 0 unspecified atom stereocenters. The van der Waals surface area contributed by atoms with Gasteiger partial charge < -0.3 is 9.84 Å². The van der Waals surface area contributed by atoms with Crippen molar-refractivity contribution >= 4 is 5.97 Å². The van der Waals surface area contributed by atoms with Crippen molar-refractivity contribution in [3.8, 4) is 11.5 Å². The van der Waals surface area contributed by atoms with E-state index in [1.54, 1.807) is 0 Å². The Kier molecular flexibility index (Phi) is 2.28. The van der Waals surface area contributed by atoms with Crippen molar-refractivity contribution in [2.24, 2.45) is 0 Å². The fourth-order valence-corrected chi connectivity index (χ4v) is 0.773. The maximum absolute atomic E-state index is 12.5. The maximum Gasteiger partial charge on any atom is 0.308 e. The second-order valence-electron chi connectivity index (χ2n) is 2.24. The van der Waals surface area contributed by atoms with Gasteiger partial charge in [-0.05, 0) is 0 Å². The number of ether oxygens (including phenoxy) is 1. The summed E-state index contributed by atoms with van der Waals surface area (Å²) < 4.78 is 17.1. The molecule has 0 aliphatic carbocycles. The van der Waals surface area contributed by atoms with Gasteiger partial charge in [0, 0.05) is 25.1 Å². The van der Waals surface area contributed by atoms with E-state index >= 15 is 0 Å². The highest BCUT2D eigenvalue weighted by Crippen LogP contribution is 2.20. The minimum absolute atomic E-state index is 0.000000000000000444. The first kappa shape index (κ1) is 8.52. The van der Waals surface area contributed by atoms with Crippen LogP contribution in [-0.2, 0) is 4.79 Å². The molecule has 0 radical (unpaired) electrons. The quantitative estimate of drug-likeness (QED) is 0.512. The summed E-state index contributed by atoms with van der Waals surface area (Å²) >= 11 is 0. The Bertz CT molecular complexity index is 289. The SMILES string of the molecule is CC(=O)Oc1cc(O)cc(F)c1. The van der Waals surface area contributed by atoms with Crippen LogP contribution in [0.5, 0.6) is 11.5 Å². The van der Waals surface area contributed by atoms with Crippen molar-refractivity contribution in [1.82, 2.24) is 0 Å². The van der Waals surface area contributed by atoms with Gasteiger partial charge in [-0.1, -0.05) is 0 Å². The number of benzene rings is 1. The van der Waals surface area contributed by atoms with Crippen LogP contribution in [0, 0.1) is 5.82 Å². The highest BCUT2D eigenvalue weighted by Gasteiger charge is 2.02. The molecule has 4 heteroatoms. The van der Waals surface area contributed by atoms with Crippen molar-refractivity contribution in [2.75, 3.05) is 0 Å². The predicted molar refractivity (Wildman–Crippen MR) is 39.4 cm³/mol. The van der Waals surface area contributed by atoms with Crippen molar-refractivity contribution in [1.29, 1.82) is 0 Å². The molecule has 1 N–H and O–H groups in total. The normalized spacial score (nSPS) is 9.50. The van der Waals surface area contributed by atoms with E-state index in [-0.39, 0.29) is 11.5 Å². The van der Waals surface area contributed by atoms with Crippen LogP contribution in [0.3, 0.4) is 0 Å². The molecular formula is C8H7FO3. The minimum Gasteiger partial charge on any atom is -0.508 e. The van der Waals surface area contributed by atoms with E-state index in [0.29, 0.717) is 0 Å². The van der Waals surface area contributed by atoms with Gasteiger partial charge in [-0.15, -0.1) is 0 Å². The van der Waals surface area contributed by atoms with Gasteiger partial charge in [-0.2, -0.15) is 0 Å². The van der Waals surface area contributed by atoms with Crippen LogP contribution >= 0.6 is 0 Å². The van der Waals surface area contributed by atoms with Gasteiger partial charge in [0.05, 0.1) is 0 Å². The van der Waals surface area contributed by atoms with Gasteiger partial charge in [0.15, 0.2) is 0 Å². The molecule has 1 aromatic carbocycles. The van der Waals surface area contributed by atoms with Gasteiger partial charge in [0.25, 0.3) is 0 Å². The standard InChI is InChI=1S/C8H7FO3/c1-5(10)12-8-3-6(9)2-7(11)4-8/h2-4,11H,1H3. The zero-order chi connectivity index (χ0) is 9.14. The van der Waals surface area contributed by atoms with E-state index in [2.05, 4.69) is 4.74 Å². The zero-order valence-corrected chi connectivity index (χ0v) is 6.37. The number of esters is 1. The lowest BCUT2D eigenvalue weighted by Crippen LogP contribution is -2.01. The van der Waals surface area contributed by atoms with Crippen LogP contribution in [0.1, 0.15) is 6.92 Å². The third-order valence-corrected chi connectivity index (χ3v) is 1.12. The lowest BCUT2D eigenvalue weighted by Gasteiger charge is -2.00. The van der Waals surface area contributed by atoms with Gasteiger partial charge in [0.1, 0.15) is 17.3 Å². The molecule has 0 aliphatic rings. The number of hydrogen-bond acceptors (Lipinski definition) is 3. The molecule has 0 amide bonds. The van der Waals surface area contributed by atoms with Crippen LogP contribution in [0.2, 0.25) is 0 Å². The molecule has 0 saturated carbocycles. The third-order valence-electron chi connectivity index (χ3n) is 1.12. The first-order valence-corrected chi connectivity index (χ1v) is 3.26. The molecular weight excluding hydrogens is 163 g/mol. The number of rotatable bonds is 1. The van der Waals surface area contributed by atoms with Crippen LogP contribution in [-0.4, -0.2) is 11.1 Å². The fourth-order valence-electron chi connectivity index (χ4n) is 0.773.